The van der Waals surface area contributed by atoms with Crippen molar-refractivity contribution < 1.29 is 18.4 Å². The lowest BCUT2D eigenvalue weighted by Gasteiger charge is -2.38. The van der Waals surface area contributed by atoms with Gasteiger partial charge in [-0.3, -0.25) is 14.5 Å². The molecule has 0 spiro atoms. The quantitative estimate of drug-likeness (QED) is 0.442. The summed E-state index contributed by atoms with van der Waals surface area (Å²) < 4.78 is 27.3. The fourth-order valence-electron chi connectivity index (χ4n) is 5.19. The topological polar surface area (TPSA) is 88.3 Å². The van der Waals surface area contributed by atoms with Gasteiger partial charge in [-0.1, -0.05) is 30.7 Å². The molecule has 1 amide bonds. The highest BCUT2D eigenvalue weighted by molar-refractivity contribution is 5.92. The summed E-state index contributed by atoms with van der Waals surface area (Å²) >= 11 is 0. The van der Waals surface area contributed by atoms with Gasteiger partial charge in [0.1, 0.15) is 5.82 Å². The summed E-state index contributed by atoms with van der Waals surface area (Å²) in [7, 11) is 0. The van der Waals surface area contributed by atoms with Gasteiger partial charge in [0.15, 0.2) is 17.4 Å². The first-order valence-corrected chi connectivity index (χ1v) is 12.9. The van der Waals surface area contributed by atoms with Crippen molar-refractivity contribution in [1.82, 2.24) is 15.2 Å². The number of pyridine rings is 1. The monoisotopic (exact) mass is 508 g/mol. The lowest BCUT2D eigenvalue weighted by atomic mass is 9.96. The Kier molecular flexibility index (Phi) is 8.48. The highest BCUT2D eigenvalue weighted by atomic mass is 19.2. The molecule has 1 saturated heterocycles. The van der Waals surface area contributed by atoms with Gasteiger partial charge in [0, 0.05) is 30.1 Å². The van der Waals surface area contributed by atoms with E-state index >= 15 is 0 Å². The van der Waals surface area contributed by atoms with E-state index in [0.717, 1.165) is 47.7 Å². The number of carbonyl (C=O) groups is 2. The number of hydrogen-bond donors (Lipinski definition) is 2. The molecule has 0 bridgehead atoms. The van der Waals surface area contributed by atoms with E-state index in [1.165, 1.54) is 6.07 Å². The van der Waals surface area contributed by atoms with Crippen LogP contribution in [0.4, 0.5) is 14.6 Å². The van der Waals surface area contributed by atoms with Crippen LogP contribution in [0.1, 0.15) is 50.7 Å². The number of rotatable bonds is 9. The molecule has 196 valence electrons. The molecule has 2 heterocycles. The average molecular weight is 509 g/mol. The number of ketones is 1. The van der Waals surface area contributed by atoms with E-state index in [0.29, 0.717) is 17.8 Å². The minimum Gasteiger partial charge on any atom is -0.383 e. The van der Waals surface area contributed by atoms with Crippen molar-refractivity contribution in [1.29, 1.82) is 0 Å². The number of benzene rings is 2. The number of aromatic nitrogens is 1. The summed E-state index contributed by atoms with van der Waals surface area (Å²) in [5.41, 5.74) is 7.34. The Morgan fingerprint density at radius 2 is 1.78 bits per heavy atom. The van der Waals surface area contributed by atoms with E-state index in [9.17, 15) is 18.4 Å². The number of nitrogens with two attached hydrogens (primary N) is 1. The van der Waals surface area contributed by atoms with E-state index < -0.39 is 17.7 Å². The molecule has 0 saturated carbocycles. The first kappa shape index (κ1) is 26.7. The molecule has 6 nitrogen and oxygen atoms in total. The molecule has 37 heavy (non-hydrogen) atoms. The van der Waals surface area contributed by atoms with Crippen LogP contribution in [0, 0.1) is 11.6 Å². The third-order valence-corrected chi connectivity index (χ3v) is 7.37. The van der Waals surface area contributed by atoms with Gasteiger partial charge in [-0.2, -0.15) is 0 Å². The van der Waals surface area contributed by atoms with Crippen molar-refractivity contribution in [3.8, 4) is 0 Å². The molecule has 1 aliphatic rings. The van der Waals surface area contributed by atoms with E-state index in [1.54, 1.807) is 6.20 Å². The molecule has 3 aromatic rings. The Labute approximate surface area is 216 Å². The highest BCUT2D eigenvalue weighted by Crippen LogP contribution is 2.23. The summed E-state index contributed by atoms with van der Waals surface area (Å²) in [5.74, 6) is -1.87. The standard InChI is InChI=1S/C29H34F2N4O2/c1-18-4-3-5-19(2)35(18)17-28(37)34-26(16-21-7-10-24(30)25(31)15-21)27(36)11-8-20-6-9-23-22(14-20)12-13-33-29(23)32/h6-7,9-10,12-15,18-19,26H,3-5,8,11,16-17H2,1-2H3,(H2,32,33)(H,34,37)/t18?,19?,26-/m0/s1. The van der Waals surface area contributed by atoms with Crippen LogP contribution in [-0.4, -0.2) is 46.2 Å². The number of amides is 1. The van der Waals surface area contributed by atoms with Gasteiger partial charge in [0.25, 0.3) is 0 Å². The smallest absolute Gasteiger partial charge is 0.234 e. The average Bonchev–Trinajstić information content (AvgIpc) is 2.87. The van der Waals surface area contributed by atoms with Gasteiger partial charge < -0.3 is 11.1 Å². The van der Waals surface area contributed by atoms with Crippen LogP contribution in [-0.2, 0) is 22.4 Å². The zero-order valence-electron chi connectivity index (χ0n) is 21.3. The molecule has 3 atom stereocenters. The van der Waals surface area contributed by atoms with Crippen molar-refractivity contribution >= 4 is 28.3 Å². The van der Waals surface area contributed by atoms with Crippen molar-refractivity contribution in [3.05, 3.63) is 71.4 Å². The van der Waals surface area contributed by atoms with Gasteiger partial charge in [-0.15, -0.1) is 0 Å². The largest absolute Gasteiger partial charge is 0.383 e. The second-order valence-electron chi connectivity index (χ2n) is 10.1. The zero-order chi connectivity index (χ0) is 26.5. The van der Waals surface area contributed by atoms with Crippen LogP contribution in [0.25, 0.3) is 10.8 Å². The lowest BCUT2D eigenvalue weighted by molar-refractivity contribution is -0.129. The summed E-state index contributed by atoms with van der Waals surface area (Å²) in [6.45, 7) is 4.42. The fraction of sp³-hybridized carbons (Fsp3) is 0.414. The normalized spacial score (nSPS) is 19.0. The number of nitrogens with zero attached hydrogens (tertiary/aromatic N) is 2. The molecule has 0 radical (unpaired) electrons. The molecule has 1 fully saturated rings. The SMILES string of the molecule is CC1CCCC(C)N1CC(=O)N[C@@H](Cc1ccc(F)c(F)c1)C(=O)CCc1ccc2c(N)nccc2c1. The number of nitrogen functional groups attached to an aromatic ring is 1. The molecule has 2 aromatic carbocycles. The van der Waals surface area contributed by atoms with Crippen molar-refractivity contribution in [2.24, 2.45) is 0 Å². The molecular weight excluding hydrogens is 474 g/mol. The molecular formula is C29H34F2N4O2. The Morgan fingerprint density at radius 1 is 1.05 bits per heavy atom. The Hall–Kier alpha value is -3.39. The van der Waals surface area contributed by atoms with Gasteiger partial charge in [-0.25, -0.2) is 13.8 Å². The molecule has 1 aromatic heterocycles. The summed E-state index contributed by atoms with van der Waals surface area (Å²) in [6.07, 6.45) is 5.59. The molecule has 0 aliphatic carbocycles. The Morgan fingerprint density at radius 3 is 2.51 bits per heavy atom. The van der Waals surface area contributed by atoms with E-state index in [-0.39, 0.29) is 43.2 Å². The van der Waals surface area contributed by atoms with Crippen molar-refractivity contribution in [3.63, 3.8) is 0 Å². The maximum atomic E-state index is 13.8. The maximum Gasteiger partial charge on any atom is 0.234 e. The number of aryl methyl sites for hydroxylation is 1. The molecule has 1 aliphatic heterocycles. The van der Waals surface area contributed by atoms with Crippen LogP contribution in [0.5, 0.6) is 0 Å². The van der Waals surface area contributed by atoms with Gasteiger partial charge in [0.05, 0.1) is 12.6 Å². The molecule has 4 rings (SSSR count). The van der Waals surface area contributed by atoms with E-state index in [4.69, 9.17) is 5.73 Å². The van der Waals surface area contributed by atoms with Crippen LogP contribution < -0.4 is 11.1 Å². The number of anilines is 1. The van der Waals surface area contributed by atoms with E-state index in [2.05, 4.69) is 29.0 Å². The number of Topliss-reactive ketones (excluding diaryl/α,β-unsaturated/α-hetero) is 1. The van der Waals surface area contributed by atoms with Crippen LogP contribution in [0.15, 0.2) is 48.7 Å². The number of nitrogens with one attached hydrogen (secondary N) is 1. The first-order valence-electron chi connectivity index (χ1n) is 12.9. The van der Waals surface area contributed by atoms with Gasteiger partial charge in [0.2, 0.25) is 5.91 Å². The number of piperidine rings is 1. The lowest BCUT2D eigenvalue weighted by Crippen LogP contribution is -2.51. The Bertz CT molecular complexity index is 1270. The summed E-state index contributed by atoms with van der Waals surface area (Å²) in [6, 6.07) is 10.9. The second-order valence-corrected chi connectivity index (χ2v) is 10.1. The zero-order valence-corrected chi connectivity index (χ0v) is 21.3. The number of hydrogen-bond acceptors (Lipinski definition) is 5. The Balaban J connectivity index is 1.47. The highest BCUT2D eigenvalue weighted by Gasteiger charge is 2.28. The van der Waals surface area contributed by atoms with Crippen molar-refractivity contribution in [2.45, 2.75) is 70.5 Å². The number of likely N-dealkylation sites (tertiary alicyclic amines) is 1. The molecule has 8 heteroatoms. The second kappa shape index (κ2) is 11.8. The number of carbonyl (C=O) groups excluding carboxylic acids is 2. The number of halogens is 2. The fourth-order valence-corrected chi connectivity index (χ4v) is 5.19. The van der Waals surface area contributed by atoms with Gasteiger partial charge >= 0.3 is 0 Å². The summed E-state index contributed by atoms with van der Waals surface area (Å²) in [5, 5.41) is 4.68. The summed E-state index contributed by atoms with van der Waals surface area (Å²) in [4.78, 5) is 32.6. The van der Waals surface area contributed by atoms with Crippen LogP contribution in [0.3, 0.4) is 0 Å². The third kappa shape index (κ3) is 6.68. The van der Waals surface area contributed by atoms with Gasteiger partial charge in [-0.05, 0) is 74.2 Å². The maximum absolute atomic E-state index is 13.8. The predicted molar refractivity (Wildman–Crippen MR) is 141 cm³/mol. The molecule has 3 N–H and O–H groups in total. The minimum atomic E-state index is -0.976. The third-order valence-electron chi connectivity index (χ3n) is 7.37. The van der Waals surface area contributed by atoms with Crippen LogP contribution >= 0.6 is 0 Å². The van der Waals surface area contributed by atoms with E-state index in [1.807, 2.05) is 24.3 Å². The minimum absolute atomic E-state index is 0.0901. The molecule has 2 unspecified atom stereocenters. The first-order chi connectivity index (χ1) is 17.7. The van der Waals surface area contributed by atoms with Crippen LogP contribution in [0.2, 0.25) is 0 Å². The van der Waals surface area contributed by atoms with Crippen molar-refractivity contribution in [2.75, 3.05) is 12.3 Å². The predicted octanol–water partition coefficient (Wildman–Crippen LogP) is 4.59. The number of fused-ring (bicyclic) bond motifs is 1.